The van der Waals surface area contributed by atoms with E-state index in [0.29, 0.717) is 37.2 Å². The van der Waals surface area contributed by atoms with Crippen LogP contribution in [-0.4, -0.2) is 71.6 Å². The fraction of sp³-hybridized carbons (Fsp3) is 0.545. The zero-order valence-electron chi connectivity index (χ0n) is 17.0. The van der Waals surface area contributed by atoms with Gasteiger partial charge in [0, 0.05) is 17.7 Å². The Morgan fingerprint density at radius 2 is 2.10 bits per heavy atom. The summed E-state index contributed by atoms with van der Waals surface area (Å²) in [5, 5.41) is 19.8. The Kier molecular flexibility index (Phi) is 4.17. The summed E-state index contributed by atoms with van der Waals surface area (Å²) in [7, 11) is 3.60. The summed E-state index contributed by atoms with van der Waals surface area (Å²) in [6.07, 6.45) is 2.74. The third-order valence-corrected chi connectivity index (χ3v) is 7.51. The predicted octanol–water partition coefficient (Wildman–Crippen LogP) is 1.03. The Morgan fingerprint density at radius 3 is 2.83 bits per heavy atom. The molecule has 1 aromatic rings. The molecule has 2 N–H and O–H groups in total. The molecule has 4 aliphatic rings. The number of benzene rings is 1. The van der Waals surface area contributed by atoms with Crippen LogP contribution >= 0.6 is 0 Å². The van der Waals surface area contributed by atoms with Gasteiger partial charge >= 0.3 is 11.9 Å². The van der Waals surface area contributed by atoms with E-state index < -0.39 is 35.2 Å². The minimum absolute atomic E-state index is 0.0983. The van der Waals surface area contributed by atoms with Gasteiger partial charge in [0.1, 0.15) is 11.7 Å². The van der Waals surface area contributed by atoms with Gasteiger partial charge in [-0.1, -0.05) is 6.07 Å². The van der Waals surface area contributed by atoms with Gasteiger partial charge in [-0.25, -0.2) is 9.59 Å². The van der Waals surface area contributed by atoms with Gasteiger partial charge in [-0.15, -0.1) is 0 Å². The summed E-state index contributed by atoms with van der Waals surface area (Å²) in [6.45, 7) is 0.775. The number of aliphatic hydroxyl groups is 1. The van der Waals surface area contributed by atoms with Crippen molar-refractivity contribution in [3.8, 4) is 11.5 Å². The van der Waals surface area contributed by atoms with Crippen molar-refractivity contribution in [3.63, 3.8) is 0 Å². The van der Waals surface area contributed by atoms with Gasteiger partial charge in [-0.2, -0.15) is 0 Å². The number of aliphatic carboxylic acids is 1. The average molecular weight is 415 g/mol. The first-order valence-electron chi connectivity index (χ1n) is 10.2. The van der Waals surface area contributed by atoms with Crippen molar-refractivity contribution in [2.24, 2.45) is 0 Å². The molecule has 8 nitrogen and oxygen atoms in total. The van der Waals surface area contributed by atoms with Crippen LogP contribution in [0.2, 0.25) is 0 Å². The molecule has 0 aromatic heterocycles. The second-order valence-corrected chi connectivity index (χ2v) is 8.68. The molecule has 0 amide bonds. The number of hydrogen-bond donors (Lipinski definition) is 2. The molecule has 1 aromatic carbocycles. The highest BCUT2D eigenvalue weighted by molar-refractivity contribution is 5.91. The maximum absolute atomic E-state index is 12.7. The molecular formula is C22H25NO7. The zero-order chi connectivity index (χ0) is 21.3. The van der Waals surface area contributed by atoms with Crippen LogP contribution in [0.4, 0.5) is 0 Å². The molecule has 5 rings (SSSR count). The van der Waals surface area contributed by atoms with E-state index >= 15 is 0 Å². The lowest BCUT2D eigenvalue weighted by Crippen LogP contribution is -2.77. The molecule has 1 spiro atoms. The number of esters is 1. The number of likely N-dealkylation sites (tertiary alicyclic amines) is 1. The lowest BCUT2D eigenvalue weighted by atomic mass is 9.48. The molecule has 0 radical (unpaired) electrons. The summed E-state index contributed by atoms with van der Waals surface area (Å²) < 4.78 is 18.1. The van der Waals surface area contributed by atoms with Crippen LogP contribution in [0.5, 0.6) is 11.5 Å². The highest BCUT2D eigenvalue weighted by Crippen LogP contribution is 2.66. The minimum atomic E-state index is -1.21. The predicted molar refractivity (Wildman–Crippen MR) is 105 cm³/mol. The van der Waals surface area contributed by atoms with Crippen LogP contribution in [0.3, 0.4) is 0 Å². The van der Waals surface area contributed by atoms with E-state index in [1.807, 2.05) is 19.2 Å². The molecule has 1 saturated heterocycles. The maximum atomic E-state index is 12.7. The van der Waals surface area contributed by atoms with E-state index in [0.717, 1.165) is 29.8 Å². The van der Waals surface area contributed by atoms with Gasteiger partial charge in [0.2, 0.25) is 0 Å². The van der Waals surface area contributed by atoms with Crippen molar-refractivity contribution in [1.29, 1.82) is 0 Å². The van der Waals surface area contributed by atoms with E-state index in [-0.39, 0.29) is 6.04 Å². The van der Waals surface area contributed by atoms with E-state index in [2.05, 4.69) is 4.90 Å². The molecular weight excluding hydrogens is 390 g/mol. The van der Waals surface area contributed by atoms with Crippen molar-refractivity contribution >= 4 is 11.9 Å². The van der Waals surface area contributed by atoms with Crippen molar-refractivity contribution in [2.75, 3.05) is 20.7 Å². The average Bonchev–Trinajstić information content (AvgIpc) is 3.07. The lowest BCUT2D eigenvalue weighted by Gasteiger charge is -2.64. The van der Waals surface area contributed by atoms with Gasteiger partial charge < -0.3 is 24.4 Å². The van der Waals surface area contributed by atoms with Crippen LogP contribution in [0.15, 0.2) is 24.3 Å². The Morgan fingerprint density at radius 1 is 1.30 bits per heavy atom. The van der Waals surface area contributed by atoms with Crippen LogP contribution < -0.4 is 9.47 Å². The summed E-state index contributed by atoms with van der Waals surface area (Å²) in [5.41, 5.74) is 0.470. The summed E-state index contributed by atoms with van der Waals surface area (Å²) in [5.74, 6) is -0.660. The first kappa shape index (κ1) is 19.4. The van der Waals surface area contributed by atoms with Crippen LogP contribution in [0, 0.1) is 0 Å². The van der Waals surface area contributed by atoms with Crippen molar-refractivity contribution in [1.82, 2.24) is 4.90 Å². The third-order valence-electron chi connectivity index (χ3n) is 7.51. The molecule has 2 aliphatic heterocycles. The molecule has 1 saturated carbocycles. The minimum Gasteiger partial charge on any atom is -0.493 e. The topological polar surface area (TPSA) is 106 Å². The summed E-state index contributed by atoms with van der Waals surface area (Å²) >= 11 is 0. The normalized spacial score (nSPS) is 36.2. The first-order valence-corrected chi connectivity index (χ1v) is 10.2. The molecule has 8 heteroatoms. The van der Waals surface area contributed by atoms with Gasteiger partial charge in [-0.3, -0.25) is 4.90 Å². The smallest absolute Gasteiger partial charge is 0.331 e. The highest BCUT2D eigenvalue weighted by Gasteiger charge is 2.75. The number of aliphatic hydroxyl groups excluding tert-OH is 1. The quantitative estimate of drug-likeness (QED) is 0.555. The number of hydrogen-bond acceptors (Lipinski definition) is 7. The van der Waals surface area contributed by atoms with Crippen LogP contribution in [0.1, 0.15) is 30.4 Å². The standard InChI is InChI=1S/C22H25NO7/c1-23-10-9-21-18-12-3-4-14(28-2)19(18)29-20(21)13(24)7-8-22(21,15(23)11-12)30-17(27)6-5-16(25)26/h3-6,13,15,20,24H,7-11H2,1-2H3,(H,25,26)/t13?,15-,20+,21+,22-/m1/s1. The Bertz CT molecular complexity index is 959. The maximum Gasteiger partial charge on any atom is 0.331 e. The van der Waals surface area contributed by atoms with E-state index in [1.165, 1.54) is 0 Å². The Labute approximate surface area is 174 Å². The molecule has 2 heterocycles. The third kappa shape index (κ3) is 2.29. The molecule has 5 atom stereocenters. The monoisotopic (exact) mass is 415 g/mol. The molecule has 2 fully saturated rings. The Hall–Kier alpha value is -2.58. The lowest BCUT2D eigenvalue weighted by molar-refractivity contribution is -0.224. The van der Waals surface area contributed by atoms with Crippen LogP contribution in [0.25, 0.3) is 0 Å². The largest absolute Gasteiger partial charge is 0.493 e. The van der Waals surface area contributed by atoms with Gasteiger partial charge in [-0.05, 0) is 50.9 Å². The number of piperidine rings is 1. The van der Waals surface area contributed by atoms with Gasteiger partial charge in [0.05, 0.1) is 24.7 Å². The summed E-state index contributed by atoms with van der Waals surface area (Å²) in [4.78, 5) is 25.8. The number of carboxylic acids is 1. The number of carbonyl (C=O) groups is 2. The second-order valence-electron chi connectivity index (χ2n) is 8.68. The number of likely N-dealkylation sites (N-methyl/N-ethyl adjacent to an activating group) is 1. The Balaban J connectivity index is 1.72. The van der Waals surface area contributed by atoms with Gasteiger partial charge in [0.25, 0.3) is 0 Å². The fourth-order valence-electron chi connectivity index (χ4n) is 6.41. The molecule has 2 aliphatic carbocycles. The highest BCUT2D eigenvalue weighted by atomic mass is 16.6. The molecule has 30 heavy (non-hydrogen) atoms. The number of methoxy groups -OCH3 is 1. The first-order chi connectivity index (χ1) is 14.3. The molecule has 1 unspecified atom stereocenters. The van der Waals surface area contributed by atoms with E-state index in [9.17, 15) is 14.7 Å². The van der Waals surface area contributed by atoms with Crippen molar-refractivity contribution in [2.45, 2.75) is 54.9 Å². The zero-order valence-corrected chi connectivity index (χ0v) is 17.0. The number of rotatable bonds is 4. The number of ether oxygens (including phenoxy) is 3. The number of carboxylic acid groups (broad SMARTS) is 1. The SMILES string of the molecule is COc1ccc2c3c1O[C@H]1C(O)CC[C@@]4(OC(=O)C=CC(=O)O)[C@@H](C2)N(C)CC[C@]314. The fourth-order valence-corrected chi connectivity index (χ4v) is 6.41. The summed E-state index contributed by atoms with van der Waals surface area (Å²) in [6, 6.07) is 3.83. The van der Waals surface area contributed by atoms with Gasteiger partial charge in [0.15, 0.2) is 11.5 Å². The molecule has 2 bridgehead atoms. The van der Waals surface area contributed by atoms with Crippen molar-refractivity contribution in [3.05, 3.63) is 35.4 Å². The van der Waals surface area contributed by atoms with Crippen molar-refractivity contribution < 1.29 is 34.0 Å². The molecule has 160 valence electrons. The number of nitrogens with zero attached hydrogens (tertiary/aromatic N) is 1. The number of carbonyl (C=O) groups excluding carboxylic acids is 1. The van der Waals surface area contributed by atoms with E-state index in [1.54, 1.807) is 7.11 Å². The van der Waals surface area contributed by atoms with Crippen LogP contribution in [-0.2, 0) is 26.2 Å². The second kappa shape index (κ2) is 6.46. The van der Waals surface area contributed by atoms with E-state index in [4.69, 9.17) is 19.3 Å².